The van der Waals surface area contributed by atoms with Crippen molar-refractivity contribution in [2.24, 2.45) is 33.7 Å². The van der Waals surface area contributed by atoms with Crippen LogP contribution in [0.2, 0.25) is 0 Å². The van der Waals surface area contributed by atoms with Crippen LogP contribution in [0.1, 0.15) is 58.8 Å². The summed E-state index contributed by atoms with van der Waals surface area (Å²) in [7, 11) is 0. The van der Waals surface area contributed by atoms with Crippen molar-refractivity contribution >= 4 is 11.5 Å². The maximum absolute atomic E-state index is 12.5. The Balaban J connectivity index is 1.80. The van der Waals surface area contributed by atoms with Gasteiger partial charge in [0.15, 0.2) is 0 Å². The number of nitrogens with zero attached hydrogens (tertiary/aromatic N) is 1. The van der Waals surface area contributed by atoms with Gasteiger partial charge in [0.2, 0.25) is 0 Å². The molecule has 0 spiro atoms. The minimum Gasteiger partial charge on any atom is -0.411 e. The van der Waals surface area contributed by atoms with Gasteiger partial charge in [-0.15, -0.1) is 0 Å². The van der Waals surface area contributed by atoms with E-state index >= 15 is 0 Å². The summed E-state index contributed by atoms with van der Waals surface area (Å²) < 4.78 is 0. The number of rotatable bonds is 0. The first-order chi connectivity index (χ1) is 10.9. The van der Waals surface area contributed by atoms with Gasteiger partial charge < -0.3 is 10.3 Å². The van der Waals surface area contributed by atoms with Crippen molar-refractivity contribution in [2.75, 3.05) is 0 Å². The summed E-state index contributed by atoms with van der Waals surface area (Å²) in [4.78, 5) is 12.5. The molecular weight excluding hydrogens is 290 g/mol. The Hall–Kier alpha value is -1.16. The number of hydrogen-bond acceptors (Lipinski definition) is 4. The zero-order valence-corrected chi connectivity index (χ0v) is 14.1. The average Bonchev–Trinajstić information content (AvgIpc) is 2.83. The topological polar surface area (TPSA) is 69.9 Å². The van der Waals surface area contributed by atoms with Crippen LogP contribution in [-0.2, 0) is 4.79 Å². The summed E-state index contributed by atoms with van der Waals surface area (Å²) in [6.45, 7) is 4.46. The molecule has 1 unspecified atom stereocenters. The summed E-state index contributed by atoms with van der Waals surface area (Å²) in [6, 6.07) is 0. The summed E-state index contributed by atoms with van der Waals surface area (Å²) in [5.74, 6) is 1.33. The fraction of sp³-hybridized carbons (Fsp3) is 0.789. The van der Waals surface area contributed by atoms with Crippen LogP contribution in [-0.4, -0.2) is 27.9 Å². The molecule has 126 valence electrons. The van der Waals surface area contributed by atoms with E-state index in [1.54, 1.807) is 0 Å². The summed E-state index contributed by atoms with van der Waals surface area (Å²) in [6.07, 6.45) is 7.90. The number of fused-ring (bicyclic) bond motifs is 5. The highest BCUT2D eigenvalue weighted by Crippen LogP contribution is 2.63. The molecule has 4 rings (SSSR count). The van der Waals surface area contributed by atoms with Gasteiger partial charge in [0.05, 0.1) is 11.8 Å². The molecule has 0 aromatic carbocycles. The predicted octanol–water partition coefficient (Wildman–Crippen LogP) is 3.32. The van der Waals surface area contributed by atoms with Crippen LogP contribution >= 0.6 is 0 Å². The lowest BCUT2D eigenvalue weighted by atomic mass is 9.47. The average molecular weight is 317 g/mol. The standard InChI is InChI=1S/C19H27NO3/c1-18-7-5-12(21)9-11(18)10-15(20-23)17-13-3-4-16(22)19(13,2)8-6-14(17)18/h10,12-14,17,21,23H,3-9H2,1-2H3/t12?,13-,14+,17-,18-,19-/m0/s1. The number of Topliss-reactive ketones (excluding diaryl/α,β-unsaturated/α-hetero) is 1. The van der Waals surface area contributed by atoms with Gasteiger partial charge in [-0.05, 0) is 61.9 Å². The molecule has 4 nitrogen and oxygen atoms in total. The van der Waals surface area contributed by atoms with Crippen molar-refractivity contribution in [3.8, 4) is 0 Å². The number of allylic oxidation sites excluding steroid dienone is 1. The molecule has 0 aromatic rings. The molecule has 0 amide bonds. The second-order valence-corrected chi connectivity index (χ2v) is 8.67. The van der Waals surface area contributed by atoms with E-state index in [2.05, 4.69) is 19.0 Å². The van der Waals surface area contributed by atoms with Gasteiger partial charge in [0.25, 0.3) is 0 Å². The fourth-order valence-electron chi connectivity index (χ4n) is 6.27. The van der Waals surface area contributed by atoms with Crippen LogP contribution < -0.4 is 0 Å². The second-order valence-electron chi connectivity index (χ2n) is 8.67. The SMILES string of the molecule is C[C@]12CCC(O)CC1=CC(=NO)[C@@H]1[C@H]2CC[C@]2(C)C(=O)CC[C@@H]12. The molecule has 0 heterocycles. The van der Waals surface area contributed by atoms with Gasteiger partial charge in [0, 0.05) is 17.8 Å². The van der Waals surface area contributed by atoms with Gasteiger partial charge in [0.1, 0.15) is 5.78 Å². The summed E-state index contributed by atoms with van der Waals surface area (Å²) in [5, 5.41) is 23.3. The van der Waals surface area contributed by atoms with Crippen molar-refractivity contribution < 1.29 is 15.1 Å². The van der Waals surface area contributed by atoms with E-state index in [-0.39, 0.29) is 22.9 Å². The first-order valence-corrected chi connectivity index (χ1v) is 9.04. The Labute approximate surface area is 137 Å². The van der Waals surface area contributed by atoms with E-state index in [0.29, 0.717) is 30.5 Å². The lowest BCUT2D eigenvalue weighted by molar-refractivity contribution is -0.130. The molecule has 4 aliphatic carbocycles. The smallest absolute Gasteiger partial charge is 0.139 e. The summed E-state index contributed by atoms with van der Waals surface area (Å²) >= 11 is 0. The minimum atomic E-state index is -0.271. The maximum atomic E-state index is 12.5. The zero-order chi connectivity index (χ0) is 16.4. The molecule has 4 heteroatoms. The van der Waals surface area contributed by atoms with Gasteiger partial charge in [-0.3, -0.25) is 4.79 Å². The molecule has 0 radical (unpaired) electrons. The predicted molar refractivity (Wildman–Crippen MR) is 87.3 cm³/mol. The van der Waals surface area contributed by atoms with Crippen LogP contribution in [0.25, 0.3) is 0 Å². The van der Waals surface area contributed by atoms with Crippen LogP contribution in [0, 0.1) is 28.6 Å². The monoisotopic (exact) mass is 317 g/mol. The van der Waals surface area contributed by atoms with Gasteiger partial charge >= 0.3 is 0 Å². The molecule has 6 atom stereocenters. The lowest BCUT2D eigenvalue weighted by Gasteiger charge is -2.56. The number of aliphatic hydroxyl groups excluding tert-OH is 1. The van der Waals surface area contributed by atoms with Crippen LogP contribution in [0.5, 0.6) is 0 Å². The fourth-order valence-corrected chi connectivity index (χ4v) is 6.27. The van der Waals surface area contributed by atoms with Crippen molar-refractivity contribution in [3.63, 3.8) is 0 Å². The summed E-state index contributed by atoms with van der Waals surface area (Å²) in [5.41, 5.74) is 1.86. The Morgan fingerprint density at radius 1 is 1.13 bits per heavy atom. The zero-order valence-electron chi connectivity index (χ0n) is 14.1. The molecule has 0 bridgehead atoms. The number of carbonyl (C=O) groups is 1. The maximum Gasteiger partial charge on any atom is 0.139 e. The van der Waals surface area contributed by atoms with Crippen molar-refractivity contribution in [3.05, 3.63) is 11.6 Å². The van der Waals surface area contributed by atoms with Crippen LogP contribution in [0.4, 0.5) is 0 Å². The van der Waals surface area contributed by atoms with Gasteiger partial charge in [-0.1, -0.05) is 24.6 Å². The second kappa shape index (κ2) is 4.92. The Bertz CT molecular complexity index is 610. The first kappa shape index (κ1) is 15.4. The van der Waals surface area contributed by atoms with Gasteiger partial charge in [-0.25, -0.2) is 0 Å². The molecule has 3 fully saturated rings. The lowest BCUT2D eigenvalue weighted by Crippen LogP contribution is -2.53. The molecular formula is C19H27NO3. The van der Waals surface area contributed by atoms with Crippen LogP contribution in [0.3, 0.4) is 0 Å². The third-order valence-corrected chi connectivity index (χ3v) is 7.76. The molecule has 4 aliphatic rings. The number of carbonyl (C=O) groups excluding carboxylic acids is 1. The van der Waals surface area contributed by atoms with E-state index in [1.165, 1.54) is 5.57 Å². The number of hydrogen-bond donors (Lipinski definition) is 2. The molecule has 0 aliphatic heterocycles. The van der Waals surface area contributed by atoms with Crippen LogP contribution in [0.15, 0.2) is 16.8 Å². The molecule has 3 saturated carbocycles. The number of ketones is 1. The normalized spacial score (nSPS) is 51.0. The highest BCUT2D eigenvalue weighted by atomic mass is 16.4. The number of aliphatic hydroxyl groups is 1. The van der Waals surface area contributed by atoms with E-state index in [0.717, 1.165) is 37.8 Å². The van der Waals surface area contributed by atoms with E-state index in [1.807, 2.05) is 6.08 Å². The number of oxime groups is 1. The van der Waals surface area contributed by atoms with Crippen molar-refractivity contribution in [1.29, 1.82) is 0 Å². The molecule has 0 saturated heterocycles. The minimum absolute atomic E-state index is 0.0883. The van der Waals surface area contributed by atoms with E-state index in [9.17, 15) is 15.1 Å². The van der Waals surface area contributed by atoms with E-state index < -0.39 is 0 Å². The largest absolute Gasteiger partial charge is 0.411 e. The van der Waals surface area contributed by atoms with Gasteiger partial charge in [-0.2, -0.15) is 0 Å². The molecule has 2 N–H and O–H groups in total. The Morgan fingerprint density at radius 2 is 1.83 bits per heavy atom. The highest BCUT2D eigenvalue weighted by molar-refractivity contribution is 6.00. The third-order valence-electron chi connectivity index (χ3n) is 7.76. The van der Waals surface area contributed by atoms with Crippen molar-refractivity contribution in [2.45, 2.75) is 64.9 Å². The van der Waals surface area contributed by atoms with E-state index in [4.69, 9.17) is 0 Å². The highest BCUT2D eigenvalue weighted by Gasteiger charge is 2.60. The van der Waals surface area contributed by atoms with Crippen molar-refractivity contribution in [1.82, 2.24) is 0 Å². The first-order valence-electron chi connectivity index (χ1n) is 9.04. The Kier molecular flexibility index (Phi) is 3.29. The Morgan fingerprint density at radius 3 is 2.57 bits per heavy atom. The quantitative estimate of drug-likeness (QED) is 0.532. The molecule has 23 heavy (non-hydrogen) atoms. The third kappa shape index (κ3) is 1.93. The molecule has 0 aromatic heterocycles.